The van der Waals surface area contributed by atoms with Gasteiger partial charge in [-0.25, -0.2) is 9.07 Å². The normalized spacial score (nSPS) is 10.5. The molecule has 108 valence electrons. The van der Waals surface area contributed by atoms with Gasteiger partial charge in [-0.05, 0) is 49.2 Å². The highest BCUT2D eigenvalue weighted by atomic mass is 19.1. The fourth-order valence-corrected chi connectivity index (χ4v) is 2.29. The lowest BCUT2D eigenvalue weighted by Gasteiger charge is -2.09. The Labute approximate surface area is 127 Å². The SMILES string of the molecule is Cc1ccc(-c2c(C#N)nnn2-c2cccc(F)c2)cc1C. The van der Waals surface area contributed by atoms with E-state index in [1.807, 2.05) is 38.1 Å². The third kappa shape index (κ3) is 2.35. The first-order valence-electron chi connectivity index (χ1n) is 6.79. The van der Waals surface area contributed by atoms with Crippen LogP contribution in [0.1, 0.15) is 16.8 Å². The molecule has 0 aliphatic carbocycles. The zero-order chi connectivity index (χ0) is 15.7. The smallest absolute Gasteiger partial charge is 0.191 e. The molecule has 0 spiro atoms. The Bertz CT molecular complexity index is 890. The number of rotatable bonds is 2. The quantitative estimate of drug-likeness (QED) is 0.725. The van der Waals surface area contributed by atoms with Gasteiger partial charge in [-0.2, -0.15) is 5.26 Å². The highest BCUT2D eigenvalue weighted by Gasteiger charge is 2.16. The first kappa shape index (κ1) is 14.0. The average molecular weight is 292 g/mol. The molecule has 1 aromatic heterocycles. The number of aryl methyl sites for hydroxylation is 2. The Kier molecular flexibility index (Phi) is 3.43. The summed E-state index contributed by atoms with van der Waals surface area (Å²) in [4.78, 5) is 0. The van der Waals surface area contributed by atoms with E-state index in [-0.39, 0.29) is 11.5 Å². The number of hydrogen-bond donors (Lipinski definition) is 0. The van der Waals surface area contributed by atoms with Crippen LogP contribution in [0.25, 0.3) is 16.9 Å². The van der Waals surface area contributed by atoms with Gasteiger partial charge in [-0.1, -0.05) is 23.4 Å². The van der Waals surface area contributed by atoms with Gasteiger partial charge in [0.05, 0.1) is 5.69 Å². The maximum absolute atomic E-state index is 13.5. The summed E-state index contributed by atoms with van der Waals surface area (Å²) in [6, 6.07) is 14.0. The van der Waals surface area contributed by atoms with E-state index in [1.165, 1.54) is 16.8 Å². The second kappa shape index (κ2) is 5.41. The summed E-state index contributed by atoms with van der Waals surface area (Å²) in [5, 5.41) is 17.2. The molecule has 0 saturated heterocycles. The van der Waals surface area contributed by atoms with E-state index in [4.69, 9.17) is 0 Å². The molecule has 5 heteroatoms. The lowest BCUT2D eigenvalue weighted by atomic mass is 10.0. The van der Waals surface area contributed by atoms with Gasteiger partial charge in [0.1, 0.15) is 17.6 Å². The summed E-state index contributed by atoms with van der Waals surface area (Å²) in [6.07, 6.45) is 0. The van der Waals surface area contributed by atoms with Crippen LogP contribution >= 0.6 is 0 Å². The van der Waals surface area contributed by atoms with Crippen molar-refractivity contribution < 1.29 is 4.39 Å². The fourth-order valence-electron chi connectivity index (χ4n) is 2.29. The van der Waals surface area contributed by atoms with E-state index in [0.717, 1.165) is 16.7 Å². The molecular formula is C17H13FN4. The summed E-state index contributed by atoms with van der Waals surface area (Å²) in [5.41, 5.74) is 4.40. The van der Waals surface area contributed by atoms with Crippen molar-refractivity contribution in [1.82, 2.24) is 15.0 Å². The minimum atomic E-state index is -0.363. The third-order valence-corrected chi connectivity index (χ3v) is 3.61. The van der Waals surface area contributed by atoms with Crippen LogP contribution in [0.5, 0.6) is 0 Å². The van der Waals surface area contributed by atoms with Crippen molar-refractivity contribution in [3.63, 3.8) is 0 Å². The molecule has 0 bridgehead atoms. The largest absolute Gasteiger partial charge is 0.211 e. The molecule has 4 nitrogen and oxygen atoms in total. The maximum Gasteiger partial charge on any atom is 0.191 e. The first-order valence-corrected chi connectivity index (χ1v) is 6.79. The van der Waals surface area contributed by atoms with Gasteiger partial charge in [-0.15, -0.1) is 5.10 Å². The minimum absolute atomic E-state index is 0.215. The number of benzene rings is 2. The van der Waals surface area contributed by atoms with E-state index in [2.05, 4.69) is 10.3 Å². The van der Waals surface area contributed by atoms with Crippen molar-refractivity contribution in [3.05, 3.63) is 65.1 Å². The van der Waals surface area contributed by atoms with Crippen LogP contribution in [0.4, 0.5) is 4.39 Å². The highest BCUT2D eigenvalue weighted by Crippen LogP contribution is 2.26. The Morgan fingerprint density at radius 1 is 1.09 bits per heavy atom. The summed E-state index contributed by atoms with van der Waals surface area (Å²) in [5.74, 6) is -0.363. The van der Waals surface area contributed by atoms with E-state index >= 15 is 0 Å². The van der Waals surface area contributed by atoms with E-state index in [0.29, 0.717) is 11.4 Å². The van der Waals surface area contributed by atoms with Gasteiger partial charge in [0.2, 0.25) is 0 Å². The fraction of sp³-hybridized carbons (Fsp3) is 0.118. The Hall–Kier alpha value is -3.00. The van der Waals surface area contributed by atoms with Gasteiger partial charge < -0.3 is 0 Å². The summed E-state index contributed by atoms with van der Waals surface area (Å²) >= 11 is 0. The van der Waals surface area contributed by atoms with Crippen LogP contribution in [-0.2, 0) is 0 Å². The monoisotopic (exact) mass is 292 g/mol. The summed E-state index contributed by atoms with van der Waals surface area (Å²) in [7, 11) is 0. The molecule has 1 heterocycles. The number of hydrogen-bond acceptors (Lipinski definition) is 3. The number of halogens is 1. The molecule has 2 aromatic carbocycles. The topological polar surface area (TPSA) is 54.5 Å². The molecule has 0 atom stereocenters. The number of aromatic nitrogens is 3. The lowest BCUT2D eigenvalue weighted by molar-refractivity contribution is 0.625. The molecule has 0 N–H and O–H groups in total. The molecule has 0 unspecified atom stereocenters. The Morgan fingerprint density at radius 2 is 1.91 bits per heavy atom. The van der Waals surface area contributed by atoms with E-state index < -0.39 is 0 Å². The number of nitrogens with zero attached hydrogens (tertiary/aromatic N) is 4. The van der Waals surface area contributed by atoms with Crippen LogP contribution in [0.15, 0.2) is 42.5 Å². The van der Waals surface area contributed by atoms with Crippen molar-refractivity contribution >= 4 is 0 Å². The van der Waals surface area contributed by atoms with Crippen molar-refractivity contribution in [1.29, 1.82) is 5.26 Å². The van der Waals surface area contributed by atoms with Crippen LogP contribution in [0, 0.1) is 31.0 Å². The van der Waals surface area contributed by atoms with Crippen LogP contribution in [0.2, 0.25) is 0 Å². The van der Waals surface area contributed by atoms with Gasteiger partial charge in [0, 0.05) is 5.56 Å². The van der Waals surface area contributed by atoms with E-state index in [9.17, 15) is 9.65 Å². The second-order valence-electron chi connectivity index (χ2n) is 5.09. The molecule has 0 amide bonds. The molecule has 0 fully saturated rings. The molecule has 0 radical (unpaired) electrons. The van der Waals surface area contributed by atoms with Crippen LogP contribution in [-0.4, -0.2) is 15.0 Å². The molecule has 3 aromatic rings. The summed E-state index contributed by atoms with van der Waals surface area (Å²) < 4.78 is 15.0. The highest BCUT2D eigenvalue weighted by molar-refractivity contribution is 5.68. The molecule has 0 saturated carbocycles. The molecule has 22 heavy (non-hydrogen) atoms. The minimum Gasteiger partial charge on any atom is -0.211 e. The number of nitriles is 1. The van der Waals surface area contributed by atoms with Crippen molar-refractivity contribution in [3.8, 4) is 23.0 Å². The lowest BCUT2D eigenvalue weighted by Crippen LogP contribution is -2.00. The van der Waals surface area contributed by atoms with Gasteiger partial charge >= 0.3 is 0 Å². The van der Waals surface area contributed by atoms with Crippen molar-refractivity contribution in [2.24, 2.45) is 0 Å². The predicted molar refractivity (Wildman–Crippen MR) is 80.9 cm³/mol. The van der Waals surface area contributed by atoms with Crippen molar-refractivity contribution in [2.75, 3.05) is 0 Å². The first-order chi connectivity index (χ1) is 10.6. The van der Waals surface area contributed by atoms with Crippen LogP contribution < -0.4 is 0 Å². The molecule has 3 rings (SSSR count). The zero-order valence-electron chi connectivity index (χ0n) is 12.2. The molecule has 0 aliphatic heterocycles. The van der Waals surface area contributed by atoms with Crippen molar-refractivity contribution in [2.45, 2.75) is 13.8 Å². The maximum atomic E-state index is 13.5. The second-order valence-corrected chi connectivity index (χ2v) is 5.09. The predicted octanol–water partition coefficient (Wildman–Crippen LogP) is 3.56. The third-order valence-electron chi connectivity index (χ3n) is 3.61. The standard InChI is InChI=1S/C17H13FN4/c1-11-6-7-13(8-12(11)2)17-16(10-19)20-21-22(17)15-5-3-4-14(18)9-15/h3-9H,1-2H3. The van der Waals surface area contributed by atoms with E-state index in [1.54, 1.807) is 12.1 Å². The van der Waals surface area contributed by atoms with Gasteiger partial charge in [0.25, 0.3) is 0 Å². The molecular weight excluding hydrogens is 279 g/mol. The average Bonchev–Trinajstić information content (AvgIpc) is 2.94. The summed E-state index contributed by atoms with van der Waals surface area (Å²) in [6.45, 7) is 4.02. The van der Waals surface area contributed by atoms with Gasteiger partial charge in [-0.3, -0.25) is 0 Å². The molecule has 0 aliphatic rings. The Morgan fingerprint density at radius 3 is 2.59 bits per heavy atom. The van der Waals surface area contributed by atoms with Gasteiger partial charge in [0.15, 0.2) is 5.69 Å². The van der Waals surface area contributed by atoms with Crippen LogP contribution in [0.3, 0.4) is 0 Å². The zero-order valence-corrected chi connectivity index (χ0v) is 12.2. The Balaban J connectivity index is 2.24.